The highest BCUT2D eigenvalue weighted by Gasteiger charge is 2.19. The molecule has 418 valence electrons. The lowest BCUT2D eigenvalue weighted by molar-refractivity contribution is -0.167. The number of carbonyl (C=O) groups is 3. The molecule has 0 aliphatic rings. The number of allylic oxidation sites excluding steroid dienone is 16. The summed E-state index contributed by atoms with van der Waals surface area (Å²) in [5.74, 6) is -0.921. The summed E-state index contributed by atoms with van der Waals surface area (Å²) in [7, 11) is 0. The molecule has 0 amide bonds. The van der Waals surface area contributed by atoms with E-state index in [-0.39, 0.29) is 31.1 Å². The van der Waals surface area contributed by atoms with Gasteiger partial charge in [-0.25, -0.2) is 0 Å². The van der Waals surface area contributed by atoms with E-state index in [2.05, 4.69) is 118 Å². The number of esters is 3. The summed E-state index contributed by atoms with van der Waals surface area (Å²) in [6.45, 7) is 6.45. The Kier molecular flexibility index (Phi) is 57.8. The fraction of sp³-hybridized carbons (Fsp3) is 0.716. The molecule has 0 aromatic rings. The van der Waals surface area contributed by atoms with Crippen molar-refractivity contribution in [2.24, 2.45) is 0 Å². The van der Waals surface area contributed by atoms with Crippen LogP contribution in [0.4, 0.5) is 0 Å². The van der Waals surface area contributed by atoms with E-state index in [4.69, 9.17) is 14.2 Å². The molecule has 1 atom stereocenters. The van der Waals surface area contributed by atoms with Crippen molar-refractivity contribution in [2.45, 2.75) is 297 Å². The van der Waals surface area contributed by atoms with Gasteiger partial charge in [0, 0.05) is 19.3 Å². The minimum Gasteiger partial charge on any atom is -0.462 e. The fourth-order valence-electron chi connectivity index (χ4n) is 8.48. The molecule has 1 unspecified atom stereocenters. The van der Waals surface area contributed by atoms with Crippen molar-refractivity contribution < 1.29 is 28.6 Å². The van der Waals surface area contributed by atoms with Crippen LogP contribution in [-0.4, -0.2) is 37.2 Å². The smallest absolute Gasteiger partial charge is 0.306 e. The van der Waals surface area contributed by atoms with Crippen LogP contribution in [0.15, 0.2) is 97.2 Å². The van der Waals surface area contributed by atoms with Crippen LogP contribution in [0.1, 0.15) is 290 Å². The molecule has 0 N–H and O–H groups in total. The Hall–Kier alpha value is -3.67. The van der Waals surface area contributed by atoms with Gasteiger partial charge in [0.1, 0.15) is 13.2 Å². The zero-order chi connectivity index (χ0) is 52.9. The van der Waals surface area contributed by atoms with Gasteiger partial charge in [-0.1, -0.05) is 272 Å². The molecule has 0 aliphatic carbocycles. The molecule has 0 saturated carbocycles. The molecule has 0 saturated heterocycles. The van der Waals surface area contributed by atoms with E-state index in [1.54, 1.807) is 0 Å². The van der Waals surface area contributed by atoms with Crippen molar-refractivity contribution in [3.05, 3.63) is 97.2 Å². The van der Waals surface area contributed by atoms with Crippen LogP contribution in [0, 0.1) is 0 Å². The van der Waals surface area contributed by atoms with Gasteiger partial charge in [-0.15, -0.1) is 0 Å². The number of unbranched alkanes of at least 4 members (excludes halogenated alkanes) is 28. The average Bonchev–Trinajstić information content (AvgIpc) is 3.39. The van der Waals surface area contributed by atoms with Crippen LogP contribution < -0.4 is 0 Å². The Bertz CT molecular complexity index is 1440. The van der Waals surface area contributed by atoms with Crippen LogP contribution >= 0.6 is 0 Å². The molecule has 0 fully saturated rings. The molecule has 73 heavy (non-hydrogen) atoms. The molecule has 6 nitrogen and oxygen atoms in total. The third-order valence-corrected chi connectivity index (χ3v) is 13.1. The largest absolute Gasteiger partial charge is 0.462 e. The third-order valence-electron chi connectivity index (χ3n) is 13.1. The van der Waals surface area contributed by atoms with E-state index in [0.29, 0.717) is 19.3 Å². The molecule has 0 rings (SSSR count). The Balaban J connectivity index is 4.40. The van der Waals surface area contributed by atoms with Gasteiger partial charge in [0.15, 0.2) is 6.10 Å². The number of hydrogen-bond acceptors (Lipinski definition) is 6. The molecular weight excluding hydrogens is 901 g/mol. The fourth-order valence-corrected chi connectivity index (χ4v) is 8.48. The van der Waals surface area contributed by atoms with Gasteiger partial charge in [-0.05, 0) is 96.3 Å². The van der Waals surface area contributed by atoms with Crippen molar-refractivity contribution in [3.63, 3.8) is 0 Å². The maximum Gasteiger partial charge on any atom is 0.306 e. The minimum atomic E-state index is -0.794. The van der Waals surface area contributed by atoms with Gasteiger partial charge in [0.25, 0.3) is 0 Å². The Labute approximate surface area is 451 Å². The number of hydrogen-bond donors (Lipinski definition) is 0. The summed E-state index contributed by atoms with van der Waals surface area (Å²) in [4.78, 5) is 38.2. The van der Waals surface area contributed by atoms with Crippen molar-refractivity contribution in [2.75, 3.05) is 13.2 Å². The zero-order valence-corrected chi connectivity index (χ0v) is 47.9. The first-order chi connectivity index (χ1) is 36.0. The van der Waals surface area contributed by atoms with E-state index in [9.17, 15) is 14.4 Å². The van der Waals surface area contributed by atoms with E-state index < -0.39 is 6.10 Å². The maximum atomic E-state index is 12.9. The average molecular weight is 1020 g/mol. The summed E-state index contributed by atoms with van der Waals surface area (Å²) in [6, 6.07) is 0. The van der Waals surface area contributed by atoms with Gasteiger partial charge in [0.2, 0.25) is 0 Å². The summed E-state index contributed by atoms with van der Waals surface area (Å²) in [6.07, 6.45) is 81.2. The van der Waals surface area contributed by atoms with Crippen molar-refractivity contribution in [1.82, 2.24) is 0 Å². The van der Waals surface area contributed by atoms with Crippen LogP contribution in [0.2, 0.25) is 0 Å². The van der Waals surface area contributed by atoms with E-state index >= 15 is 0 Å². The predicted molar refractivity (Wildman–Crippen MR) is 316 cm³/mol. The molecule has 6 heteroatoms. The topological polar surface area (TPSA) is 78.9 Å². The maximum absolute atomic E-state index is 12.9. The van der Waals surface area contributed by atoms with Crippen molar-refractivity contribution >= 4 is 17.9 Å². The molecule has 0 heterocycles. The van der Waals surface area contributed by atoms with Crippen LogP contribution in [0.25, 0.3) is 0 Å². The second kappa shape index (κ2) is 60.9. The van der Waals surface area contributed by atoms with Gasteiger partial charge < -0.3 is 14.2 Å². The molecule has 0 aromatic heterocycles. The quantitative estimate of drug-likeness (QED) is 0.0261. The van der Waals surface area contributed by atoms with Crippen LogP contribution in [-0.2, 0) is 28.6 Å². The summed E-state index contributed by atoms with van der Waals surface area (Å²) in [5.41, 5.74) is 0. The van der Waals surface area contributed by atoms with Crippen molar-refractivity contribution in [3.8, 4) is 0 Å². The monoisotopic (exact) mass is 1010 g/mol. The van der Waals surface area contributed by atoms with Crippen LogP contribution in [0.3, 0.4) is 0 Å². The van der Waals surface area contributed by atoms with Gasteiger partial charge in [-0.2, -0.15) is 0 Å². The Morgan fingerprint density at radius 3 is 0.890 bits per heavy atom. The Morgan fingerprint density at radius 2 is 0.562 bits per heavy atom. The van der Waals surface area contributed by atoms with E-state index in [1.165, 1.54) is 109 Å². The van der Waals surface area contributed by atoms with Gasteiger partial charge in [-0.3, -0.25) is 14.4 Å². The molecule has 0 bridgehead atoms. The zero-order valence-electron chi connectivity index (χ0n) is 47.9. The SMILES string of the molecule is CC/C=C\C/C=C\C/C=C\C/C=C\C/C=C\C/C=C\CCCCCCC(=O)OCC(COC(=O)CCCCCCC/C=C\C/C=C\CCC)OC(=O)CCCCCCCCCCCCCCCCCCCCC. The second-order valence-electron chi connectivity index (χ2n) is 20.2. The first kappa shape index (κ1) is 69.3. The summed E-state index contributed by atoms with van der Waals surface area (Å²) in [5, 5.41) is 0. The molecular formula is C67H114O6. The predicted octanol–water partition coefficient (Wildman–Crippen LogP) is 20.9. The standard InChI is InChI=1S/C67H114O6/c1-4-7-10-13-16-19-22-25-27-29-31-32-33-34-36-37-39-42-45-48-51-54-57-60-66(69)72-63-64(62-71-65(68)59-56-53-50-47-44-41-24-21-18-15-12-9-6-3)73-67(70)61-58-55-52-49-46-43-40-38-35-30-28-26-23-20-17-14-11-8-5-2/h7,10,12,15-16,19,21,24-25,27,31-32,34,36,39,42,64H,4-6,8-9,11,13-14,17-18,20,22-23,26,28-30,33,35,37-38,40-41,43-63H2,1-3H3/b10-7-,15-12-,19-16-,24-21-,27-25-,32-31-,36-34-,42-39-. The summed E-state index contributed by atoms with van der Waals surface area (Å²) < 4.78 is 16.9. The molecule has 0 spiro atoms. The van der Waals surface area contributed by atoms with E-state index in [1.807, 2.05) is 0 Å². The Morgan fingerprint density at radius 1 is 0.288 bits per heavy atom. The lowest BCUT2D eigenvalue weighted by Crippen LogP contribution is -2.30. The number of carbonyl (C=O) groups excluding carboxylic acids is 3. The highest BCUT2D eigenvalue weighted by Crippen LogP contribution is 2.16. The summed E-state index contributed by atoms with van der Waals surface area (Å²) >= 11 is 0. The second-order valence-corrected chi connectivity index (χ2v) is 20.2. The minimum absolute atomic E-state index is 0.0917. The van der Waals surface area contributed by atoms with E-state index in [0.717, 1.165) is 141 Å². The highest BCUT2D eigenvalue weighted by atomic mass is 16.6. The van der Waals surface area contributed by atoms with Gasteiger partial charge >= 0.3 is 17.9 Å². The lowest BCUT2D eigenvalue weighted by atomic mass is 10.0. The number of ether oxygens (including phenoxy) is 3. The first-order valence-corrected chi connectivity index (χ1v) is 30.7. The highest BCUT2D eigenvalue weighted by molar-refractivity contribution is 5.71. The lowest BCUT2D eigenvalue weighted by Gasteiger charge is -2.18. The normalized spacial score (nSPS) is 12.8. The first-order valence-electron chi connectivity index (χ1n) is 30.7. The van der Waals surface area contributed by atoms with Gasteiger partial charge in [0.05, 0.1) is 0 Å². The van der Waals surface area contributed by atoms with Crippen LogP contribution in [0.5, 0.6) is 0 Å². The van der Waals surface area contributed by atoms with Crippen molar-refractivity contribution in [1.29, 1.82) is 0 Å². The molecule has 0 radical (unpaired) electrons. The number of rotatable bonds is 55. The molecule has 0 aliphatic heterocycles. The molecule has 0 aromatic carbocycles. The third kappa shape index (κ3) is 59.1.